The second kappa shape index (κ2) is 9.94. The summed E-state index contributed by atoms with van der Waals surface area (Å²) in [7, 11) is 0. The van der Waals surface area contributed by atoms with E-state index in [0.29, 0.717) is 38.5 Å². The number of aliphatic hydroxyl groups excluding tert-OH is 1. The van der Waals surface area contributed by atoms with Gasteiger partial charge in [-0.3, -0.25) is 4.79 Å². The fraction of sp³-hybridized carbons (Fsp3) is 0.214. The van der Waals surface area contributed by atoms with Crippen molar-refractivity contribution in [1.82, 2.24) is 24.4 Å². The van der Waals surface area contributed by atoms with E-state index in [0.717, 1.165) is 11.6 Å². The number of nitrogens with zero attached hydrogens (tertiary/aromatic N) is 5. The average molecular weight is 554 g/mol. The summed E-state index contributed by atoms with van der Waals surface area (Å²) in [4.78, 5) is 18.0. The molecule has 2 aromatic carbocycles. The Kier molecular flexibility index (Phi) is 6.77. The molecule has 0 bridgehead atoms. The van der Waals surface area contributed by atoms with Crippen LogP contribution in [0, 0.1) is 13.8 Å². The van der Waals surface area contributed by atoms with E-state index >= 15 is 0 Å². The summed E-state index contributed by atoms with van der Waals surface area (Å²) in [5.41, 5.74) is 2.44. The highest BCUT2D eigenvalue weighted by atomic mass is 35.5. The van der Waals surface area contributed by atoms with Crippen molar-refractivity contribution in [3.8, 4) is 22.3 Å². The van der Waals surface area contributed by atoms with Gasteiger partial charge in [0.05, 0.1) is 12.1 Å². The molecule has 5 aromatic rings. The molecule has 0 aliphatic heterocycles. The van der Waals surface area contributed by atoms with Gasteiger partial charge in [-0.15, -0.1) is 10.2 Å². The number of hydrogen-bond acceptors (Lipinski definition) is 5. The number of pyridine rings is 1. The summed E-state index contributed by atoms with van der Waals surface area (Å²) >= 11 is 6.12. The Labute approximate surface area is 226 Å². The SMILES string of the molecule is Cc1ccc(-c2c(-c3ccc(Cl)cc3)c(=O)n(Cc3ccc(C(F)(F)F)nc3C)n3c(C(C)O)nnc23)cc1. The van der Waals surface area contributed by atoms with Crippen LogP contribution in [-0.2, 0) is 12.7 Å². The van der Waals surface area contributed by atoms with Crippen LogP contribution in [0.5, 0.6) is 0 Å². The highest BCUT2D eigenvalue weighted by Gasteiger charge is 2.33. The van der Waals surface area contributed by atoms with Gasteiger partial charge in [-0.25, -0.2) is 14.2 Å². The summed E-state index contributed by atoms with van der Waals surface area (Å²) in [6.45, 7) is 4.75. The molecule has 0 radical (unpaired) electrons. The number of benzene rings is 2. The zero-order valence-electron chi connectivity index (χ0n) is 21.2. The predicted octanol–water partition coefficient (Wildman–Crippen LogP) is 6.01. The molecule has 7 nitrogen and oxygen atoms in total. The molecule has 1 unspecified atom stereocenters. The summed E-state index contributed by atoms with van der Waals surface area (Å²) in [6, 6.07) is 16.5. The zero-order chi connectivity index (χ0) is 28.1. The highest BCUT2D eigenvalue weighted by molar-refractivity contribution is 6.30. The molecule has 200 valence electrons. The van der Waals surface area contributed by atoms with Gasteiger partial charge in [0.2, 0.25) is 0 Å². The summed E-state index contributed by atoms with van der Waals surface area (Å²) < 4.78 is 42.4. The van der Waals surface area contributed by atoms with Crippen molar-refractivity contribution in [3.63, 3.8) is 0 Å². The van der Waals surface area contributed by atoms with E-state index in [-0.39, 0.29) is 18.1 Å². The molecule has 1 atom stereocenters. The maximum Gasteiger partial charge on any atom is 0.433 e. The van der Waals surface area contributed by atoms with E-state index in [1.54, 1.807) is 24.3 Å². The average Bonchev–Trinajstić information content (AvgIpc) is 3.32. The molecule has 39 heavy (non-hydrogen) atoms. The Bertz CT molecular complexity index is 1740. The largest absolute Gasteiger partial charge is 0.433 e. The Morgan fingerprint density at radius 3 is 2.13 bits per heavy atom. The van der Waals surface area contributed by atoms with Crippen molar-refractivity contribution in [3.05, 3.63) is 104 Å². The van der Waals surface area contributed by atoms with E-state index in [1.165, 1.54) is 29.1 Å². The number of aryl methyl sites for hydroxylation is 2. The second-order valence-electron chi connectivity index (χ2n) is 9.29. The summed E-state index contributed by atoms with van der Waals surface area (Å²) in [5.74, 6) is 0.107. The van der Waals surface area contributed by atoms with E-state index in [2.05, 4.69) is 15.2 Å². The molecule has 11 heteroatoms. The van der Waals surface area contributed by atoms with Crippen molar-refractivity contribution in [1.29, 1.82) is 0 Å². The quantitative estimate of drug-likeness (QED) is 0.288. The third kappa shape index (κ3) is 4.93. The highest BCUT2D eigenvalue weighted by Crippen LogP contribution is 2.34. The van der Waals surface area contributed by atoms with Crippen LogP contribution in [0.3, 0.4) is 0 Å². The predicted molar refractivity (Wildman–Crippen MR) is 142 cm³/mol. The molecule has 0 saturated heterocycles. The van der Waals surface area contributed by atoms with Crippen LogP contribution >= 0.6 is 11.6 Å². The number of aromatic nitrogens is 5. The van der Waals surface area contributed by atoms with Gasteiger partial charge in [-0.05, 0) is 55.7 Å². The molecule has 0 saturated carbocycles. The molecule has 1 N–H and O–H groups in total. The first-order chi connectivity index (χ1) is 18.5. The number of halogens is 4. The lowest BCUT2D eigenvalue weighted by atomic mass is 9.96. The maximum absolute atomic E-state index is 14.3. The van der Waals surface area contributed by atoms with Gasteiger partial charge >= 0.3 is 6.18 Å². The third-order valence-corrected chi connectivity index (χ3v) is 6.73. The molecule has 0 amide bonds. The van der Waals surface area contributed by atoms with Crippen LogP contribution in [0.2, 0.25) is 5.02 Å². The first kappa shape index (κ1) is 26.6. The Morgan fingerprint density at radius 1 is 0.923 bits per heavy atom. The maximum atomic E-state index is 14.3. The minimum atomic E-state index is -4.60. The van der Waals surface area contributed by atoms with Crippen LogP contribution in [0.15, 0.2) is 65.5 Å². The molecule has 0 aliphatic carbocycles. The van der Waals surface area contributed by atoms with Gasteiger partial charge in [-0.1, -0.05) is 59.6 Å². The molecule has 3 heterocycles. The van der Waals surface area contributed by atoms with E-state index in [1.807, 2.05) is 31.2 Å². The fourth-order valence-corrected chi connectivity index (χ4v) is 4.61. The van der Waals surface area contributed by atoms with Gasteiger partial charge in [0.1, 0.15) is 11.8 Å². The Hall–Kier alpha value is -4.02. The second-order valence-corrected chi connectivity index (χ2v) is 9.73. The smallest absolute Gasteiger partial charge is 0.385 e. The lowest BCUT2D eigenvalue weighted by molar-refractivity contribution is -0.141. The van der Waals surface area contributed by atoms with Crippen LogP contribution in [0.4, 0.5) is 13.2 Å². The van der Waals surface area contributed by atoms with Crippen LogP contribution in [0.25, 0.3) is 27.9 Å². The van der Waals surface area contributed by atoms with E-state index in [4.69, 9.17) is 11.6 Å². The molecular weight excluding hydrogens is 531 g/mol. The first-order valence-electron chi connectivity index (χ1n) is 12.0. The van der Waals surface area contributed by atoms with Crippen molar-refractivity contribution in [2.75, 3.05) is 0 Å². The van der Waals surface area contributed by atoms with Crippen molar-refractivity contribution in [2.24, 2.45) is 0 Å². The van der Waals surface area contributed by atoms with Crippen LogP contribution in [0.1, 0.15) is 41.4 Å². The Balaban J connectivity index is 1.85. The third-order valence-electron chi connectivity index (χ3n) is 6.48. The van der Waals surface area contributed by atoms with Crippen molar-refractivity contribution in [2.45, 2.75) is 39.6 Å². The van der Waals surface area contributed by atoms with Crippen LogP contribution < -0.4 is 5.56 Å². The lowest BCUT2D eigenvalue weighted by Gasteiger charge is -2.19. The van der Waals surface area contributed by atoms with Gasteiger partial charge in [-0.2, -0.15) is 13.2 Å². The molecule has 0 spiro atoms. The Morgan fingerprint density at radius 2 is 1.54 bits per heavy atom. The van der Waals surface area contributed by atoms with Gasteiger partial charge in [0.15, 0.2) is 11.5 Å². The lowest BCUT2D eigenvalue weighted by Crippen LogP contribution is -2.31. The van der Waals surface area contributed by atoms with Gasteiger partial charge in [0.25, 0.3) is 5.56 Å². The number of hydrogen-bond donors (Lipinski definition) is 1. The van der Waals surface area contributed by atoms with Crippen molar-refractivity contribution < 1.29 is 18.3 Å². The topological polar surface area (TPSA) is 85.3 Å². The summed E-state index contributed by atoms with van der Waals surface area (Å²) in [6.07, 6.45) is -5.69. The standard InChI is InChI=1S/C28H23ClF3N5O2/c1-15-4-6-18(7-5-15)23-24(19-8-11-21(29)12-9-19)27(39)36(37-25(17(3)38)34-35-26(23)37)14-20-10-13-22(28(30,31)32)33-16(20)2/h4-13,17,38H,14H2,1-3H3. The monoisotopic (exact) mass is 553 g/mol. The number of aliphatic hydroxyl groups is 1. The fourth-order valence-electron chi connectivity index (χ4n) is 4.48. The minimum absolute atomic E-state index is 0.107. The number of rotatable bonds is 5. The molecule has 3 aromatic heterocycles. The molecular formula is C28H23ClF3N5O2. The zero-order valence-corrected chi connectivity index (χ0v) is 21.9. The van der Waals surface area contributed by atoms with Crippen molar-refractivity contribution >= 4 is 17.2 Å². The van der Waals surface area contributed by atoms with Gasteiger partial charge in [0, 0.05) is 16.3 Å². The minimum Gasteiger partial charge on any atom is -0.385 e. The van der Waals surface area contributed by atoms with E-state index in [9.17, 15) is 23.1 Å². The van der Waals surface area contributed by atoms with Crippen LogP contribution in [-0.4, -0.2) is 29.5 Å². The normalized spacial score (nSPS) is 12.7. The summed E-state index contributed by atoms with van der Waals surface area (Å²) in [5, 5.41) is 19.5. The number of fused-ring (bicyclic) bond motifs is 1. The number of alkyl halides is 3. The van der Waals surface area contributed by atoms with Gasteiger partial charge < -0.3 is 5.11 Å². The molecule has 0 aliphatic rings. The molecule has 0 fully saturated rings. The molecule has 5 rings (SSSR count). The first-order valence-corrected chi connectivity index (χ1v) is 12.4. The van der Waals surface area contributed by atoms with E-state index < -0.39 is 23.5 Å².